The lowest BCUT2D eigenvalue weighted by atomic mass is 10.1. The van der Waals surface area contributed by atoms with Gasteiger partial charge in [0.1, 0.15) is 0 Å². The Balaban J connectivity index is 2.31. The van der Waals surface area contributed by atoms with Crippen LogP contribution in [0.2, 0.25) is 0 Å². The van der Waals surface area contributed by atoms with Gasteiger partial charge < -0.3 is 10.2 Å². The van der Waals surface area contributed by atoms with Crippen LogP contribution in [-0.4, -0.2) is 68.4 Å². The average Bonchev–Trinajstić information content (AvgIpc) is 2.75. The highest BCUT2D eigenvalue weighted by Gasteiger charge is 2.35. The summed E-state index contributed by atoms with van der Waals surface area (Å²) in [6.07, 6.45) is 1.95. The van der Waals surface area contributed by atoms with Crippen molar-refractivity contribution >= 4 is 21.8 Å². The molecule has 0 radical (unpaired) electrons. The van der Waals surface area contributed by atoms with Crippen molar-refractivity contribution in [3.8, 4) is 0 Å². The molecular weight excluding hydrogens is 294 g/mol. The molecule has 0 bridgehead atoms. The molecule has 0 aliphatic carbocycles. The summed E-state index contributed by atoms with van der Waals surface area (Å²) in [5.41, 5.74) is 0. The van der Waals surface area contributed by atoms with Crippen LogP contribution in [0.15, 0.2) is 0 Å². The molecule has 122 valence electrons. The molecule has 8 heteroatoms. The minimum absolute atomic E-state index is 0.0157. The fourth-order valence-corrected chi connectivity index (χ4v) is 2.69. The van der Waals surface area contributed by atoms with Gasteiger partial charge in [0.2, 0.25) is 21.8 Å². The molecule has 1 fully saturated rings. The second-order valence-corrected chi connectivity index (χ2v) is 7.86. The van der Waals surface area contributed by atoms with Crippen LogP contribution in [0, 0.1) is 5.92 Å². The highest BCUT2D eigenvalue weighted by atomic mass is 32.2. The van der Waals surface area contributed by atoms with Crippen molar-refractivity contribution in [1.29, 1.82) is 0 Å². The molecule has 7 nitrogen and oxygen atoms in total. The van der Waals surface area contributed by atoms with Gasteiger partial charge in [-0.05, 0) is 20.3 Å². The molecule has 1 atom stereocenters. The van der Waals surface area contributed by atoms with Crippen LogP contribution in [0.5, 0.6) is 0 Å². The van der Waals surface area contributed by atoms with Gasteiger partial charge in [-0.15, -0.1) is 0 Å². The molecule has 0 saturated carbocycles. The molecule has 1 rings (SSSR count). The first-order valence-electron chi connectivity index (χ1n) is 7.11. The van der Waals surface area contributed by atoms with Crippen molar-refractivity contribution in [2.45, 2.75) is 32.7 Å². The van der Waals surface area contributed by atoms with Gasteiger partial charge in [-0.25, -0.2) is 12.7 Å². The Kier molecular flexibility index (Phi) is 6.15. The van der Waals surface area contributed by atoms with Crippen molar-refractivity contribution in [1.82, 2.24) is 14.5 Å². The van der Waals surface area contributed by atoms with Crippen LogP contribution in [0.4, 0.5) is 0 Å². The van der Waals surface area contributed by atoms with E-state index in [9.17, 15) is 18.0 Å². The van der Waals surface area contributed by atoms with Gasteiger partial charge in [-0.2, -0.15) is 0 Å². The maximum absolute atomic E-state index is 12.0. The summed E-state index contributed by atoms with van der Waals surface area (Å²) < 4.78 is 23.6. The van der Waals surface area contributed by atoms with Crippen LogP contribution in [0.1, 0.15) is 26.7 Å². The lowest BCUT2D eigenvalue weighted by Crippen LogP contribution is -2.36. The molecule has 21 heavy (non-hydrogen) atoms. The third kappa shape index (κ3) is 5.28. The minimum Gasteiger partial charge on any atom is -0.356 e. The van der Waals surface area contributed by atoms with Gasteiger partial charge in [-0.3, -0.25) is 9.59 Å². The average molecular weight is 319 g/mol. The van der Waals surface area contributed by atoms with Gasteiger partial charge in [0, 0.05) is 39.1 Å². The van der Waals surface area contributed by atoms with E-state index in [2.05, 4.69) is 5.32 Å². The third-order valence-electron chi connectivity index (χ3n) is 3.67. The van der Waals surface area contributed by atoms with E-state index in [1.807, 2.05) is 13.8 Å². The van der Waals surface area contributed by atoms with Crippen LogP contribution < -0.4 is 5.32 Å². The van der Waals surface area contributed by atoms with E-state index in [0.29, 0.717) is 26.1 Å². The van der Waals surface area contributed by atoms with Gasteiger partial charge in [0.25, 0.3) is 0 Å². The van der Waals surface area contributed by atoms with Crippen LogP contribution in [0.25, 0.3) is 0 Å². The lowest BCUT2D eigenvalue weighted by molar-refractivity contribution is -0.129. The first kappa shape index (κ1) is 17.9. The topological polar surface area (TPSA) is 86.8 Å². The molecule has 1 saturated heterocycles. The van der Waals surface area contributed by atoms with Crippen molar-refractivity contribution in [2.24, 2.45) is 5.92 Å². The molecule has 0 aromatic rings. The Hall–Kier alpha value is -1.15. The predicted octanol–water partition coefficient (Wildman–Crippen LogP) is -0.359. The summed E-state index contributed by atoms with van der Waals surface area (Å²) in [5.74, 6) is -0.414. The van der Waals surface area contributed by atoms with Crippen molar-refractivity contribution in [3.63, 3.8) is 0 Å². The van der Waals surface area contributed by atoms with E-state index < -0.39 is 10.0 Å². The van der Waals surface area contributed by atoms with Gasteiger partial charge >= 0.3 is 0 Å². The smallest absolute Gasteiger partial charge is 0.225 e. The number of carbonyl (C=O) groups is 2. The molecule has 0 unspecified atom stereocenters. The van der Waals surface area contributed by atoms with E-state index >= 15 is 0 Å². The van der Waals surface area contributed by atoms with E-state index in [1.54, 1.807) is 4.90 Å². The van der Waals surface area contributed by atoms with Gasteiger partial charge in [-0.1, -0.05) is 0 Å². The zero-order valence-electron chi connectivity index (χ0n) is 13.1. The monoisotopic (exact) mass is 319 g/mol. The largest absolute Gasteiger partial charge is 0.356 e. The first-order valence-corrected chi connectivity index (χ1v) is 8.96. The minimum atomic E-state index is -3.17. The summed E-state index contributed by atoms with van der Waals surface area (Å²) >= 11 is 0. The molecule has 1 aliphatic rings. The van der Waals surface area contributed by atoms with E-state index in [0.717, 1.165) is 6.26 Å². The van der Waals surface area contributed by atoms with E-state index in [4.69, 9.17) is 0 Å². The summed E-state index contributed by atoms with van der Waals surface area (Å²) in [7, 11) is -1.67. The number of hydrogen-bond acceptors (Lipinski definition) is 4. The van der Waals surface area contributed by atoms with Gasteiger partial charge in [0.05, 0.1) is 12.2 Å². The second kappa shape index (κ2) is 7.22. The highest BCUT2D eigenvalue weighted by Crippen LogP contribution is 2.20. The fraction of sp³-hybridized carbons (Fsp3) is 0.846. The fourth-order valence-electron chi connectivity index (χ4n) is 2.23. The van der Waals surface area contributed by atoms with Crippen LogP contribution in [0.3, 0.4) is 0 Å². The first-order chi connectivity index (χ1) is 9.62. The zero-order chi connectivity index (χ0) is 16.2. The molecule has 0 aromatic heterocycles. The predicted molar refractivity (Wildman–Crippen MR) is 80.1 cm³/mol. The van der Waals surface area contributed by atoms with Crippen LogP contribution >= 0.6 is 0 Å². The lowest BCUT2D eigenvalue weighted by Gasteiger charge is -2.20. The Bertz CT molecular complexity index is 490. The number of sulfonamides is 1. The summed E-state index contributed by atoms with van der Waals surface area (Å²) in [6.45, 7) is 5.09. The number of nitrogens with zero attached hydrogens (tertiary/aromatic N) is 2. The number of nitrogens with one attached hydrogen (secondary N) is 1. The van der Waals surface area contributed by atoms with Crippen molar-refractivity contribution in [2.75, 3.05) is 32.9 Å². The molecular formula is C13H25N3O4S. The normalized spacial score (nSPS) is 19.6. The van der Waals surface area contributed by atoms with E-state index in [-0.39, 0.29) is 30.2 Å². The standard InChI is InChI=1S/C13H25N3O4S/c1-10(2)16-9-11(8-12(16)17)13(18)14-6-5-7-15(3)21(4,19)20/h10-11H,5-9H2,1-4H3,(H,14,18)/t11-/m0/s1. The zero-order valence-corrected chi connectivity index (χ0v) is 13.9. The number of hydrogen-bond donors (Lipinski definition) is 1. The molecule has 1 heterocycles. The number of rotatable bonds is 7. The number of amides is 2. The number of likely N-dealkylation sites (tertiary alicyclic amines) is 1. The Morgan fingerprint density at radius 2 is 2.10 bits per heavy atom. The van der Waals surface area contributed by atoms with E-state index in [1.165, 1.54) is 11.4 Å². The maximum Gasteiger partial charge on any atom is 0.225 e. The maximum atomic E-state index is 12.0. The molecule has 0 aromatic carbocycles. The van der Waals surface area contributed by atoms with Crippen molar-refractivity contribution < 1.29 is 18.0 Å². The van der Waals surface area contributed by atoms with Crippen LogP contribution in [-0.2, 0) is 19.6 Å². The highest BCUT2D eigenvalue weighted by molar-refractivity contribution is 7.88. The third-order valence-corrected chi connectivity index (χ3v) is 4.98. The Labute approximate surface area is 126 Å². The number of carbonyl (C=O) groups excluding carboxylic acids is 2. The molecule has 1 aliphatic heterocycles. The molecule has 1 N–H and O–H groups in total. The summed E-state index contributed by atoms with van der Waals surface area (Å²) in [5, 5.41) is 2.77. The second-order valence-electron chi connectivity index (χ2n) is 5.77. The Morgan fingerprint density at radius 1 is 1.48 bits per heavy atom. The SMILES string of the molecule is CC(C)N1C[C@@H](C(=O)NCCCN(C)S(C)(=O)=O)CC1=O. The van der Waals surface area contributed by atoms with Gasteiger partial charge in [0.15, 0.2) is 0 Å². The molecule has 0 spiro atoms. The summed E-state index contributed by atoms with van der Waals surface area (Å²) in [4.78, 5) is 25.4. The van der Waals surface area contributed by atoms with Crippen molar-refractivity contribution in [3.05, 3.63) is 0 Å². The molecule has 2 amide bonds. The Morgan fingerprint density at radius 3 is 2.57 bits per heavy atom. The summed E-state index contributed by atoms with van der Waals surface area (Å²) in [6, 6.07) is 0.110. The quantitative estimate of drug-likeness (QED) is 0.649.